The van der Waals surface area contributed by atoms with Crippen LogP contribution in [0.15, 0.2) is 48.5 Å². The summed E-state index contributed by atoms with van der Waals surface area (Å²) in [5, 5.41) is 6.10. The summed E-state index contributed by atoms with van der Waals surface area (Å²) >= 11 is 6.10. The number of carbonyl (C=O) groups is 3. The number of hydrogen-bond donors (Lipinski definition) is 2. The highest BCUT2D eigenvalue weighted by Crippen LogP contribution is 2.23. The largest absolute Gasteiger partial charge is 0.491 e. The summed E-state index contributed by atoms with van der Waals surface area (Å²) in [5.74, 6) is 0.0509. The highest BCUT2D eigenvalue weighted by Gasteiger charge is 2.29. The van der Waals surface area contributed by atoms with Crippen LogP contribution < -0.4 is 15.4 Å². The van der Waals surface area contributed by atoms with Crippen LogP contribution >= 0.6 is 11.6 Å². The first kappa shape index (κ1) is 23.1. The van der Waals surface area contributed by atoms with Crippen molar-refractivity contribution in [1.29, 1.82) is 0 Å². The number of nitrogens with zero attached hydrogens (tertiary/aromatic N) is 2. The van der Waals surface area contributed by atoms with Crippen LogP contribution in [-0.2, 0) is 9.59 Å². The van der Waals surface area contributed by atoms with Gasteiger partial charge in [0.05, 0.1) is 16.3 Å². The summed E-state index contributed by atoms with van der Waals surface area (Å²) in [4.78, 5) is 41.7. The number of piperazine rings is 1. The quantitative estimate of drug-likeness (QED) is 0.648. The zero-order chi connectivity index (χ0) is 23.2. The molecule has 1 fully saturated rings. The number of amides is 3. The molecule has 2 aromatic rings. The van der Waals surface area contributed by atoms with Gasteiger partial charge in [0, 0.05) is 39.1 Å². The lowest BCUT2D eigenvalue weighted by Crippen LogP contribution is -2.50. The van der Waals surface area contributed by atoms with E-state index in [1.165, 1.54) is 0 Å². The van der Waals surface area contributed by atoms with E-state index in [1.54, 1.807) is 30.3 Å². The van der Waals surface area contributed by atoms with Crippen molar-refractivity contribution in [2.45, 2.75) is 18.9 Å². The third-order valence-corrected chi connectivity index (χ3v) is 6.24. The summed E-state index contributed by atoms with van der Waals surface area (Å²) in [5.41, 5.74) is 0.915. The van der Waals surface area contributed by atoms with Gasteiger partial charge in [0.15, 0.2) is 0 Å². The van der Waals surface area contributed by atoms with Gasteiger partial charge in [0.25, 0.3) is 5.91 Å². The monoisotopic (exact) mass is 470 g/mol. The van der Waals surface area contributed by atoms with Crippen LogP contribution in [0.2, 0.25) is 5.02 Å². The molecule has 2 aromatic carbocycles. The van der Waals surface area contributed by atoms with Gasteiger partial charge in [-0.2, -0.15) is 0 Å². The Kier molecular flexibility index (Phi) is 7.47. The molecule has 2 aliphatic heterocycles. The highest BCUT2D eigenvalue weighted by molar-refractivity contribution is 6.32. The van der Waals surface area contributed by atoms with Crippen LogP contribution in [0.3, 0.4) is 0 Å². The van der Waals surface area contributed by atoms with E-state index in [4.69, 9.17) is 16.3 Å². The Morgan fingerprint density at radius 2 is 1.76 bits per heavy atom. The number of ether oxygens (including phenoxy) is 1. The maximum absolute atomic E-state index is 12.7. The summed E-state index contributed by atoms with van der Waals surface area (Å²) in [6, 6.07) is 13.5. The van der Waals surface area contributed by atoms with Crippen LogP contribution in [0, 0.1) is 0 Å². The van der Waals surface area contributed by atoms with Crippen LogP contribution in [0.5, 0.6) is 5.75 Å². The number of carbonyl (C=O) groups excluding carboxylic acids is 3. The van der Waals surface area contributed by atoms with E-state index in [9.17, 15) is 14.4 Å². The Bertz CT molecular complexity index is 1020. The van der Waals surface area contributed by atoms with E-state index >= 15 is 0 Å². The molecule has 0 aliphatic carbocycles. The van der Waals surface area contributed by atoms with Gasteiger partial charge in [0.2, 0.25) is 11.8 Å². The lowest BCUT2D eigenvalue weighted by Gasteiger charge is -2.34. The molecule has 33 heavy (non-hydrogen) atoms. The Labute approximate surface area is 197 Å². The molecule has 4 rings (SSSR count). The van der Waals surface area contributed by atoms with Crippen molar-refractivity contribution in [2.24, 2.45) is 0 Å². The molecule has 2 N–H and O–H groups in total. The fraction of sp³-hybridized carbons (Fsp3) is 0.375. The van der Waals surface area contributed by atoms with E-state index in [1.807, 2.05) is 23.1 Å². The second-order valence-corrected chi connectivity index (χ2v) is 8.51. The van der Waals surface area contributed by atoms with Crippen LogP contribution in [-0.4, -0.2) is 72.9 Å². The molecular weight excluding hydrogens is 444 g/mol. The van der Waals surface area contributed by atoms with Crippen LogP contribution in [0.1, 0.15) is 23.2 Å². The second kappa shape index (κ2) is 10.7. The van der Waals surface area contributed by atoms with Gasteiger partial charge in [-0.05, 0) is 30.7 Å². The first-order chi connectivity index (χ1) is 16.0. The lowest BCUT2D eigenvalue weighted by molar-refractivity contribution is -0.133. The average molecular weight is 471 g/mol. The third kappa shape index (κ3) is 5.83. The maximum Gasteiger partial charge on any atom is 0.254 e. The molecule has 1 saturated heterocycles. The maximum atomic E-state index is 12.7. The lowest BCUT2D eigenvalue weighted by atomic mass is 10.1. The number of para-hydroxylation sites is 2. The zero-order valence-electron chi connectivity index (χ0n) is 18.3. The average Bonchev–Trinajstić information content (AvgIpc) is 2.95. The van der Waals surface area contributed by atoms with Gasteiger partial charge in [-0.3, -0.25) is 19.3 Å². The first-order valence-corrected chi connectivity index (χ1v) is 11.5. The number of benzene rings is 2. The molecular formula is C24H27ClN4O4. The molecule has 2 aliphatic rings. The molecule has 8 nitrogen and oxygen atoms in total. The molecule has 9 heteroatoms. The van der Waals surface area contributed by atoms with Crippen LogP contribution in [0.4, 0.5) is 5.69 Å². The molecule has 0 aromatic heterocycles. The minimum atomic E-state index is -0.739. The number of anilines is 1. The van der Waals surface area contributed by atoms with E-state index in [0.29, 0.717) is 41.7 Å². The minimum Gasteiger partial charge on any atom is -0.491 e. The number of rotatable bonds is 7. The first-order valence-electron chi connectivity index (χ1n) is 11.1. The van der Waals surface area contributed by atoms with Crippen molar-refractivity contribution in [1.82, 2.24) is 15.1 Å². The number of fused-ring (bicyclic) bond motifs is 1. The van der Waals surface area contributed by atoms with Crippen molar-refractivity contribution in [3.63, 3.8) is 0 Å². The van der Waals surface area contributed by atoms with Gasteiger partial charge < -0.3 is 20.3 Å². The third-order valence-electron chi connectivity index (χ3n) is 5.92. The van der Waals surface area contributed by atoms with Gasteiger partial charge in [-0.15, -0.1) is 0 Å². The van der Waals surface area contributed by atoms with Crippen molar-refractivity contribution >= 4 is 35.0 Å². The fourth-order valence-electron chi connectivity index (χ4n) is 4.01. The molecule has 174 valence electrons. The topological polar surface area (TPSA) is 91.0 Å². The Balaban J connectivity index is 1.19. The molecule has 1 unspecified atom stereocenters. The van der Waals surface area contributed by atoms with Crippen molar-refractivity contribution in [3.05, 3.63) is 59.1 Å². The fourth-order valence-corrected chi connectivity index (χ4v) is 4.20. The Morgan fingerprint density at radius 1 is 1.03 bits per heavy atom. The molecule has 0 radical (unpaired) electrons. The van der Waals surface area contributed by atoms with Crippen LogP contribution in [0.25, 0.3) is 0 Å². The normalized spacial score (nSPS) is 18.7. The summed E-state index contributed by atoms with van der Waals surface area (Å²) in [7, 11) is 0. The summed E-state index contributed by atoms with van der Waals surface area (Å²) < 4.78 is 5.75. The van der Waals surface area contributed by atoms with E-state index in [-0.39, 0.29) is 30.6 Å². The number of hydrogen-bond acceptors (Lipinski definition) is 5. The van der Waals surface area contributed by atoms with E-state index < -0.39 is 6.04 Å². The van der Waals surface area contributed by atoms with Crippen molar-refractivity contribution in [2.75, 3.05) is 44.6 Å². The predicted octanol–water partition coefficient (Wildman–Crippen LogP) is 2.39. The minimum absolute atomic E-state index is 0.00854. The van der Waals surface area contributed by atoms with E-state index in [2.05, 4.69) is 15.5 Å². The van der Waals surface area contributed by atoms with Gasteiger partial charge in [0.1, 0.15) is 18.4 Å². The SMILES string of the molecule is O=C1NC(CCC(=O)N2CCN(CCOc3ccccc3Cl)CC2)C(=O)Nc2ccccc21. The second-order valence-electron chi connectivity index (χ2n) is 8.10. The molecule has 2 heterocycles. The smallest absolute Gasteiger partial charge is 0.254 e. The van der Waals surface area contributed by atoms with Gasteiger partial charge in [-0.25, -0.2) is 0 Å². The van der Waals surface area contributed by atoms with Gasteiger partial charge in [-0.1, -0.05) is 35.9 Å². The Morgan fingerprint density at radius 3 is 2.55 bits per heavy atom. The standard InChI is InChI=1S/C24H27ClN4O4/c25-18-6-2-4-8-21(18)33-16-15-28-11-13-29(14-12-28)22(30)10-9-20-24(32)26-19-7-3-1-5-17(19)23(31)27-20/h1-8,20H,9-16H2,(H,26,32)(H,27,31). The molecule has 1 atom stereocenters. The summed E-state index contributed by atoms with van der Waals surface area (Å²) in [6.07, 6.45) is 0.459. The molecule has 0 spiro atoms. The molecule has 0 saturated carbocycles. The number of nitrogens with one attached hydrogen (secondary N) is 2. The van der Waals surface area contributed by atoms with Crippen molar-refractivity contribution < 1.29 is 19.1 Å². The number of halogens is 1. The predicted molar refractivity (Wildman–Crippen MR) is 126 cm³/mol. The highest BCUT2D eigenvalue weighted by atomic mass is 35.5. The zero-order valence-corrected chi connectivity index (χ0v) is 19.0. The Hall–Kier alpha value is -3.10. The van der Waals surface area contributed by atoms with E-state index in [0.717, 1.165) is 19.6 Å². The van der Waals surface area contributed by atoms with Crippen molar-refractivity contribution in [3.8, 4) is 5.75 Å². The van der Waals surface area contributed by atoms with Gasteiger partial charge >= 0.3 is 0 Å². The molecule has 0 bridgehead atoms. The molecule has 3 amide bonds. The summed E-state index contributed by atoms with van der Waals surface area (Å²) in [6.45, 7) is 4.04.